The first-order chi connectivity index (χ1) is 14.5. The van der Waals surface area contributed by atoms with Crippen LogP contribution in [-0.2, 0) is 16.1 Å². The van der Waals surface area contributed by atoms with E-state index in [1.165, 1.54) is 41.4 Å². The molecule has 1 fully saturated rings. The van der Waals surface area contributed by atoms with E-state index in [2.05, 4.69) is 4.98 Å². The number of rotatable bonds is 4. The number of aromatic nitrogens is 1. The number of Topliss-reactive ketones (excluding diaryl/α,β-unsaturated/α-hetero) is 1. The molecule has 0 bridgehead atoms. The predicted molar refractivity (Wildman–Crippen MR) is 105 cm³/mol. The third-order valence-corrected chi connectivity index (χ3v) is 4.93. The molecule has 0 radical (unpaired) electrons. The van der Waals surface area contributed by atoms with Crippen molar-refractivity contribution in [1.29, 1.82) is 0 Å². The maximum absolute atomic E-state index is 14.7. The van der Waals surface area contributed by atoms with Crippen molar-refractivity contribution in [1.82, 2.24) is 9.88 Å². The van der Waals surface area contributed by atoms with Gasteiger partial charge in [-0.2, -0.15) is 0 Å². The van der Waals surface area contributed by atoms with Crippen molar-refractivity contribution in [3.8, 4) is 0 Å². The Morgan fingerprint density at radius 1 is 1.00 bits per heavy atom. The van der Waals surface area contributed by atoms with Gasteiger partial charge in [-0.05, 0) is 42.0 Å². The lowest BCUT2D eigenvalue weighted by Gasteiger charge is -2.25. The van der Waals surface area contributed by atoms with Crippen molar-refractivity contribution >= 4 is 17.4 Å². The molecular formula is C23H16F2N2O3. The molecule has 1 aliphatic rings. The van der Waals surface area contributed by atoms with Crippen LogP contribution in [0.5, 0.6) is 0 Å². The second-order valence-electron chi connectivity index (χ2n) is 6.82. The molecule has 0 aliphatic carbocycles. The normalized spacial score (nSPS) is 18.1. The van der Waals surface area contributed by atoms with Gasteiger partial charge in [0.05, 0.1) is 11.6 Å². The number of halogens is 2. The maximum Gasteiger partial charge on any atom is 0.295 e. The Hall–Kier alpha value is -3.87. The molecule has 0 unspecified atom stereocenters. The highest BCUT2D eigenvalue weighted by Gasteiger charge is 2.46. The van der Waals surface area contributed by atoms with Crippen molar-refractivity contribution in [2.45, 2.75) is 12.6 Å². The van der Waals surface area contributed by atoms with Gasteiger partial charge in [0.1, 0.15) is 17.4 Å². The molecule has 1 aliphatic heterocycles. The molecule has 150 valence electrons. The minimum Gasteiger partial charge on any atom is -0.507 e. The number of carbonyl (C=O) groups is 2. The van der Waals surface area contributed by atoms with Crippen LogP contribution in [0, 0.1) is 11.6 Å². The highest BCUT2D eigenvalue weighted by Crippen LogP contribution is 2.41. The van der Waals surface area contributed by atoms with E-state index in [1.807, 2.05) is 0 Å². The minimum absolute atomic E-state index is 0.00237. The van der Waals surface area contributed by atoms with E-state index < -0.39 is 35.1 Å². The Kier molecular flexibility index (Phi) is 5.10. The Bertz CT molecular complexity index is 1140. The summed E-state index contributed by atoms with van der Waals surface area (Å²) in [6.45, 7) is -0.00237. The van der Waals surface area contributed by atoms with E-state index in [0.29, 0.717) is 5.56 Å². The first-order valence-corrected chi connectivity index (χ1v) is 9.15. The number of hydrogen-bond donors (Lipinski definition) is 1. The van der Waals surface area contributed by atoms with E-state index in [4.69, 9.17) is 0 Å². The number of benzene rings is 2. The molecule has 1 aromatic heterocycles. The third-order valence-electron chi connectivity index (χ3n) is 4.93. The summed E-state index contributed by atoms with van der Waals surface area (Å²) in [5.41, 5.74) is 0.615. The zero-order valence-electron chi connectivity index (χ0n) is 15.6. The second-order valence-corrected chi connectivity index (χ2v) is 6.82. The summed E-state index contributed by atoms with van der Waals surface area (Å²) in [4.78, 5) is 30.9. The van der Waals surface area contributed by atoms with Crippen LogP contribution < -0.4 is 0 Å². The molecule has 2 aromatic carbocycles. The molecule has 7 heteroatoms. The molecule has 3 aromatic rings. The molecule has 30 heavy (non-hydrogen) atoms. The van der Waals surface area contributed by atoms with Crippen LogP contribution in [-0.4, -0.2) is 26.7 Å². The van der Waals surface area contributed by atoms with E-state index >= 15 is 0 Å². The highest BCUT2D eigenvalue weighted by atomic mass is 19.1. The fraction of sp³-hybridized carbons (Fsp3) is 0.0870. The lowest BCUT2D eigenvalue weighted by molar-refractivity contribution is -0.140. The molecule has 1 saturated heterocycles. The van der Waals surface area contributed by atoms with Gasteiger partial charge < -0.3 is 10.0 Å². The van der Waals surface area contributed by atoms with Gasteiger partial charge in [-0.25, -0.2) is 8.78 Å². The van der Waals surface area contributed by atoms with E-state index in [0.717, 1.165) is 12.1 Å². The van der Waals surface area contributed by atoms with E-state index in [-0.39, 0.29) is 23.2 Å². The Balaban J connectivity index is 1.88. The molecule has 1 atom stereocenters. The van der Waals surface area contributed by atoms with E-state index in [1.54, 1.807) is 24.4 Å². The van der Waals surface area contributed by atoms with Gasteiger partial charge >= 0.3 is 0 Å². The molecule has 0 spiro atoms. The van der Waals surface area contributed by atoms with Gasteiger partial charge in [-0.3, -0.25) is 14.6 Å². The second kappa shape index (κ2) is 7.87. The standard InChI is InChI=1S/C23H16F2N2O3/c24-16-9-7-15(8-10-16)21(28)19-20(17-5-1-2-6-18(17)25)27(23(30)22(19)29)13-14-4-3-11-26-12-14/h1-12,20,28H,13H2/t20-/m1/s1. The number of ketones is 1. The maximum atomic E-state index is 14.7. The van der Waals surface area contributed by atoms with Gasteiger partial charge in [0.2, 0.25) is 0 Å². The summed E-state index contributed by atoms with van der Waals surface area (Å²) in [6, 6.07) is 12.8. The van der Waals surface area contributed by atoms with Crippen molar-refractivity contribution in [2.75, 3.05) is 0 Å². The van der Waals surface area contributed by atoms with Gasteiger partial charge in [-0.15, -0.1) is 0 Å². The minimum atomic E-state index is -1.14. The molecular weight excluding hydrogens is 390 g/mol. The highest BCUT2D eigenvalue weighted by molar-refractivity contribution is 6.46. The van der Waals surface area contributed by atoms with Crippen LogP contribution in [0.25, 0.3) is 5.76 Å². The van der Waals surface area contributed by atoms with Crippen LogP contribution in [0.3, 0.4) is 0 Å². The quantitative estimate of drug-likeness (QED) is 0.404. The smallest absolute Gasteiger partial charge is 0.295 e. The third kappa shape index (κ3) is 3.45. The number of carbonyl (C=O) groups excluding carboxylic acids is 2. The number of aliphatic hydroxyl groups excluding tert-OH is 1. The van der Waals surface area contributed by atoms with Gasteiger partial charge in [0, 0.05) is 30.1 Å². The Morgan fingerprint density at radius 2 is 1.73 bits per heavy atom. The number of amides is 1. The largest absolute Gasteiger partial charge is 0.507 e. The van der Waals surface area contributed by atoms with Gasteiger partial charge in [0.15, 0.2) is 0 Å². The first kappa shape index (κ1) is 19.4. The Labute approximate surface area is 170 Å². The fourth-order valence-corrected chi connectivity index (χ4v) is 3.51. The number of nitrogens with zero attached hydrogens (tertiary/aromatic N) is 2. The summed E-state index contributed by atoms with van der Waals surface area (Å²) >= 11 is 0. The molecule has 1 amide bonds. The average Bonchev–Trinajstić information content (AvgIpc) is 3.00. The molecule has 5 nitrogen and oxygen atoms in total. The monoisotopic (exact) mass is 406 g/mol. The van der Waals surface area contributed by atoms with Crippen molar-refractivity contribution < 1.29 is 23.5 Å². The number of hydrogen-bond acceptors (Lipinski definition) is 4. The van der Waals surface area contributed by atoms with Crippen molar-refractivity contribution in [3.63, 3.8) is 0 Å². The first-order valence-electron chi connectivity index (χ1n) is 9.15. The molecule has 2 heterocycles. The number of pyridine rings is 1. The lowest BCUT2D eigenvalue weighted by atomic mass is 9.95. The van der Waals surface area contributed by atoms with E-state index in [9.17, 15) is 23.5 Å². The zero-order valence-corrected chi connectivity index (χ0v) is 15.6. The molecule has 4 rings (SSSR count). The summed E-state index contributed by atoms with van der Waals surface area (Å²) in [7, 11) is 0. The summed E-state index contributed by atoms with van der Waals surface area (Å²) < 4.78 is 28.0. The van der Waals surface area contributed by atoms with Crippen LogP contribution in [0.2, 0.25) is 0 Å². The topological polar surface area (TPSA) is 70.5 Å². The fourth-order valence-electron chi connectivity index (χ4n) is 3.51. The average molecular weight is 406 g/mol. The molecule has 1 N–H and O–H groups in total. The lowest BCUT2D eigenvalue weighted by Crippen LogP contribution is -2.29. The Morgan fingerprint density at radius 3 is 2.40 bits per heavy atom. The number of aliphatic hydroxyl groups is 1. The van der Waals surface area contributed by atoms with Crippen LogP contribution in [0.15, 0.2) is 78.6 Å². The summed E-state index contributed by atoms with van der Waals surface area (Å²) in [5, 5.41) is 10.8. The number of likely N-dealkylation sites (tertiary alicyclic amines) is 1. The van der Waals surface area contributed by atoms with Gasteiger partial charge in [0.25, 0.3) is 11.7 Å². The van der Waals surface area contributed by atoms with Crippen LogP contribution >= 0.6 is 0 Å². The van der Waals surface area contributed by atoms with Gasteiger partial charge in [-0.1, -0.05) is 24.3 Å². The van der Waals surface area contributed by atoms with Crippen LogP contribution in [0.4, 0.5) is 8.78 Å². The SMILES string of the molecule is O=C1C(=O)N(Cc2cccnc2)[C@H](c2ccccc2F)C1=C(O)c1ccc(F)cc1. The zero-order chi connectivity index (χ0) is 21.3. The molecule has 0 saturated carbocycles. The van der Waals surface area contributed by atoms with Crippen molar-refractivity contribution in [2.24, 2.45) is 0 Å². The predicted octanol–water partition coefficient (Wildman–Crippen LogP) is 3.98. The van der Waals surface area contributed by atoms with Crippen molar-refractivity contribution in [3.05, 3.63) is 107 Å². The summed E-state index contributed by atoms with van der Waals surface area (Å²) in [6.07, 6.45) is 3.11. The summed E-state index contributed by atoms with van der Waals surface area (Å²) in [5.74, 6) is -3.43. The van der Waals surface area contributed by atoms with Crippen LogP contribution in [0.1, 0.15) is 22.7 Å².